The summed E-state index contributed by atoms with van der Waals surface area (Å²) in [6.07, 6.45) is 6.29. The number of aliphatic imine (C=N–C) groups is 1. The van der Waals surface area contributed by atoms with E-state index >= 15 is 0 Å². The number of anilines is 2. The average molecular weight is 504 g/mol. The van der Waals surface area contributed by atoms with Crippen LogP contribution in [0.2, 0.25) is 0 Å². The minimum absolute atomic E-state index is 0. The molecule has 0 unspecified atom stereocenters. The average Bonchev–Trinajstić information content (AvgIpc) is 3.31. The summed E-state index contributed by atoms with van der Waals surface area (Å²) in [5.74, 6) is 2.02. The van der Waals surface area contributed by atoms with Gasteiger partial charge in [0.25, 0.3) is 0 Å². The minimum atomic E-state index is 0. The maximum absolute atomic E-state index is 4.49. The fourth-order valence-corrected chi connectivity index (χ4v) is 3.72. The van der Waals surface area contributed by atoms with Crippen molar-refractivity contribution in [2.24, 2.45) is 4.99 Å². The highest BCUT2D eigenvalue weighted by atomic mass is 127. The van der Waals surface area contributed by atoms with Gasteiger partial charge < -0.3 is 20.0 Å². The van der Waals surface area contributed by atoms with E-state index in [4.69, 9.17) is 0 Å². The number of guanidine groups is 1. The third kappa shape index (κ3) is 5.41. The van der Waals surface area contributed by atoms with Gasteiger partial charge in [-0.1, -0.05) is 30.4 Å². The topological polar surface area (TPSA) is 47.0 Å². The molecule has 0 spiro atoms. The monoisotopic (exact) mass is 504 g/mol. The molecule has 1 aromatic carbocycles. The number of benzene rings is 1. The second kappa shape index (κ2) is 10.5. The van der Waals surface area contributed by atoms with Gasteiger partial charge in [-0.2, -0.15) is 0 Å². The van der Waals surface area contributed by atoms with Crippen LogP contribution in [-0.2, 0) is 6.54 Å². The Morgan fingerprint density at radius 3 is 2.31 bits per heavy atom. The molecule has 0 saturated carbocycles. The smallest absolute Gasteiger partial charge is 0.194 e. The molecule has 0 atom stereocenters. The van der Waals surface area contributed by atoms with E-state index in [0.29, 0.717) is 0 Å². The third-order valence-electron chi connectivity index (χ3n) is 5.33. The molecule has 4 rings (SSSR count). The predicted octanol–water partition coefficient (Wildman–Crippen LogP) is 2.97. The molecule has 2 aliphatic heterocycles. The van der Waals surface area contributed by atoms with E-state index in [1.54, 1.807) is 0 Å². The largest absolute Gasteiger partial charge is 0.364 e. The Morgan fingerprint density at radius 1 is 0.966 bits per heavy atom. The van der Waals surface area contributed by atoms with Crippen molar-refractivity contribution in [3.63, 3.8) is 0 Å². The van der Waals surface area contributed by atoms with E-state index in [1.165, 1.54) is 11.3 Å². The van der Waals surface area contributed by atoms with E-state index in [2.05, 4.69) is 72.5 Å². The zero-order chi connectivity index (χ0) is 19.2. The Balaban J connectivity index is 0.00000240. The van der Waals surface area contributed by atoms with Gasteiger partial charge in [0.1, 0.15) is 5.82 Å². The zero-order valence-electron chi connectivity index (χ0n) is 16.9. The van der Waals surface area contributed by atoms with Crippen molar-refractivity contribution in [3.05, 3.63) is 66.4 Å². The lowest BCUT2D eigenvalue weighted by atomic mass is 10.2. The number of hydrogen-bond donors (Lipinski definition) is 1. The van der Waals surface area contributed by atoms with E-state index in [1.807, 2.05) is 25.4 Å². The van der Waals surface area contributed by atoms with Crippen molar-refractivity contribution in [2.75, 3.05) is 56.1 Å². The Hall–Kier alpha value is -2.29. The van der Waals surface area contributed by atoms with Gasteiger partial charge in [-0.25, -0.2) is 4.98 Å². The van der Waals surface area contributed by atoms with Gasteiger partial charge in [0.2, 0.25) is 0 Å². The molecule has 0 amide bonds. The van der Waals surface area contributed by atoms with Crippen molar-refractivity contribution in [1.29, 1.82) is 0 Å². The number of piperazine rings is 1. The molecule has 1 aromatic heterocycles. The van der Waals surface area contributed by atoms with Crippen molar-refractivity contribution >= 4 is 41.4 Å². The third-order valence-corrected chi connectivity index (χ3v) is 5.33. The number of aromatic nitrogens is 1. The maximum atomic E-state index is 4.49. The zero-order valence-corrected chi connectivity index (χ0v) is 19.2. The first kappa shape index (κ1) is 21.4. The Labute approximate surface area is 190 Å². The Bertz CT molecular complexity index is 805. The fraction of sp³-hybridized carbons (Fsp3) is 0.364. The normalized spacial score (nSPS) is 16.7. The van der Waals surface area contributed by atoms with E-state index in [9.17, 15) is 0 Å². The second-order valence-corrected chi connectivity index (χ2v) is 7.11. The van der Waals surface area contributed by atoms with Crippen LogP contribution in [0.25, 0.3) is 0 Å². The van der Waals surface area contributed by atoms with E-state index < -0.39 is 0 Å². The highest BCUT2D eigenvalue weighted by Crippen LogP contribution is 2.18. The SMILES string of the molecule is CN=C(NCc1ccc(N2CC=CC2)cc1)N1CCN(c2ccccn2)CC1.I. The molecule has 2 aliphatic rings. The Kier molecular flexibility index (Phi) is 7.74. The number of halogens is 1. The van der Waals surface area contributed by atoms with Crippen molar-refractivity contribution in [1.82, 2.24) is 15.2 Å². The number of nitrogens with one attached hydrogen (secondary N) is 1. The molecule has 1 saturated heterocycles. The number of hydrogen-bond acceptors (Lipinski definition) is 4. The molecule has 154 valence electrons. The van der Waals surface area contributed by atoms with Crippen LogP contribution in [0.15, 0.2) is 65.8 Å². The first-order valence-corrected chi connectivity index (χ1v) is 9.94. The summed E-state index contributed by atoms with van der Waals surface area (Å²) < 4.78 is 0. The molecule has 1 fully saturated rings. The van der Waals surface area contributed by atoms with Crippen LogP contribution in [0.1, 0.15) is 5.56 Å². The fourth-order valence-electron chi connectivity index (χ4n) is 3.72. The minimum Gasteiger partial charge on any atom is -0.364 e. The molecule has 3 heterocycles. The molecule has 0 radical (unpaired) electrons. The summed E-state index contributed by atoms with van der Waals surface area (Å²) in [6, 6.07) is 14.9. The standard InChI is InChI=1S/C22H28N6.HI/c1-23-22(28-16-14-27(15-17-28)21-6-2-3-11-24-21)25-18-19-7-9-20(10-8-19)26-12-4-5-13-26;/h2-11H,12-18H2,1H3,(H,23,25);1H. The predicted molar refractivity (Wildman–Crippen MR) is 131 cm³/mol. The van der Waals surface area contributed by atoms with Gasteiger partial charge in [0.15, 0.2) is 5.96 Å². The molecule has 29 heavy (non-hydrogen) atoms. The summed E-state index contributed by atoms with van der Waals surface area (Å²) in [6.45, 7) is 6.59. The lowest BCUT2D eigenvalue weighted by Gasteiger charge is -2.37. The van der Waals surface area contributed by atoms with Crippen molar-refractivity contribution < 1.29 is 0 Å². The molecular formula is C22H29IN6. The first-order valence-electron chi connectivity index (χ1n) is 9.94. The Morgan fingerprint density at radius 2 is 1.69 bits per heavy atom. The molecular weight excluding hydrogens is 475 g/mol. The van der Waals surface area contributed by atoms with E-state index in [0.717, 1.165) is 57.6 Å². The molecule has 7 heteroatoms. The summed E-state index contributed by atoms with van der Waals surface area (Å²) in [5.41, 5.74) is 2.55. The summed E-state index contributed by atoms with van der Waals surface area (Å²) >= 11 is 0. The highest BCUT2D eigenvalue weighted by Gasteiger charge is 2.20. The van der Waals surface area contributed by atoms with Crippen LogP contribution in [0, 0.1) is 0 Å². The molecule has 2 aromatic rings. The van der Waals surface area contributed by atoms with Crippen LogP contribution in [-0.4, -0.2) is 62.2 Å². The summed E-state index contributed by atoms with van der Waals surface area (Å²) in [4.78, 5) is 16.0. The number of rotatable bonds is 4. The molecule has 1 N–H and O–H groups in total. The molecule has 0 aliphatic carbocycles. The second-order valence-electron chi connectivity index (χ2n) is 7.11. The van der Waals surface area contributed by atoms with Gasteiger partial charge in [0.05, 0.1) is 0 Å². The lowest BCUT2D eigenvalue weighted by molar-refractivity contribution is 0.371. The highest BCUT2D eigenvalue weighted by molar-refractivity contribution is 14.0. The maximum Gasteiger partial charge on any atom is 0.194 e. The van der Waals surface area contributed by atoms with Crippen LogP contribution in [0.3, 0.4) is 0 Å². The molecule has 6 nitrogen and oxygen atoms in total. The van der Waals surface area contributed by atoms with Gasteiger partial charge in [-0.05, 0) is 29.8 Å². The summed E-state index contributed by atoms with van der Waals surface area (Å²) in [5, 5.41) is 3.51. The lowest BCUT2D eigenvalue weighted by Crippen LogP contribution is -2.52. The summed E-state index contributed by atoms with van der Waals surface area (Å²) in [7, 11) is 1.86. The van der Waals surface area contributed by atoms with Crippen LogP contribution in [0.5, 0.6) is 0 Å². The molecule has 0 bridgehead atoms. The van der Waals surface area contributed by atoms with Crippen molar-refractivity contribution in [3.8, 4) is 0 Å². The van der Waals surface area contributed by atoms with Crippen LogP contribution in [0.4, 0.5) is 11.5 Å². The van der Waals surface area contributed by atoms with Crippen LogP contribution >= 0.6 is 24.0 Å². The van der Waals surface area contributed by atoms with E-state index in [-0.39, 0.29) is 24.0 Å². The van der Waals surface area contributed by atoms with Gasteiger partial charge in [-0.15, -0.1) is 24.0 Å². The number of nitrogens with zero attached hydrogens (tertiary/aromatic N) is 5. The quantitative estimate of drug-likeness (QED) is 0.301. The van der Waals surface area contributed by atoms with Gasteiger partial charge in [-0.3, -0.25) is 4.99 Å². The van der Waals surface area contributed by atoms with Crippen molar-refractivity contribution in [2.45, 2.75) is 6.54 Å². The van der Waals surface area contributed by atoms with Gasteiger partial charge in [0, 0.05) is 64.7 Å². The van der Waals surface area contributed by atoms with Gasteiger partial charge >= 0.3 is 0 Å². The first-order chi connectivity index (χ1) is 13.8. The number of pyridine rings is 1. The van der Waals surface area contributed by atoms with Crippen LogP contribution < -0.4 is 15.1 Å².